The molecule has 0 saturated heterocycles. The number of hydrazine groups is 1. The van der Waals surface area contributed by atoms with Crippen LogP contribution in [-0.4, -0.2) is 19.9 Å². The Balaban J connectivity index is 3.15. The van der Waals surface area contributed by atoms with Gasteiger partial charge in [-0.1, -0.05) is 6.92 Å². The molecule has 16 heavy (non-hydrogen) atoms. The lowest BCUT2D eigenvalue weighted by molar-refractivity contribution is 0.580. The normalized spacial score (nSPS) is 11.4. The molecule has 0 atom stereocenters. The van der Waals surface area contributed by atoms with E-state index in [9.17, 15) is 8.42 Å². The average molecular weight is 309 g/mol. The number of aromatic nitrogens is 1. The minimum Gasteiger partial charge on any atom is -0.307 e. The second-order valence-corrected chi connectivity index (χ2v) is 5.69. The van der Waals surface area contributed by atoms with E-state index in [1.54, 1.807) is 0 Å². The number of rotatable bonds is 5. The van der Waals surface area contributed by atoms with Crippen LogP contribution >= 0.6 is 15.9 Å². The maximum Gasteiger partial charge on any atom is 0.244 e. The maximum absolute atomic E-state index is 11.9. The van der Waals surface area contributed by atoms with Crippen LogP contribution in [0.25, 0.3) is 0 Å². The Labute approximate surface area is 103 Å². The van der Waals surface area contributed by atoms with E-state index in [0.717, 1.165) is 0 Å². The number of anilines is 1. The zero-order chi connectivity index (χ0) is 12.2. The van der Waals surface area contributed by atoms with Gasteiger partial charge in [-0.3, -0.25) is 0 Å². The summed E-state index contributed by atoms with van der Waals surface area (Å²) >= 11 is 3.16. The molecule has 4 N–H and O–H groups in total. The van der Waals surface area contributed by atoms with Crippen LogP contribution in [0, 0.1) is 0 Å². The number of nitrogens with two attached hydrogens (primary N) is 1. The van der Waals surface area contributed by atoms with Crippen LogP contribution in [0.3, 0.4) is 0 Å². The second-order valence-electron chi connectivity index (χ2n) is 3.04. The van der Waals surface area contributed by atoms with Crippen molar-refractivity contribution in [3.8, 4) is 0 Å². The van der Waals surface area contributed by atoms with Gasteiger partial charge in [0.25, 0.3) is 0 Å². The lowest BCUT2D eigenvalue weighted by Crippen LogP contribution is -2.26. The van der Waals surface area contributed by atoms with Crippen LogP contribution in [0.2, 0.25) is 0 Å². The van der Waals surface area contributed by atoms with Crippen LogP contribution in [-0.2, 0) is 10.0 Å². The van der Waals surface area contributed by atoms with Crippen LogP contribution < -0.4 is 16.0 Å². The smallest absolute Gasteiger partial charge is 0.244 e. The second kappa shape index (κ2) is 5.58. The number of nitrogens with one attached hydrogen (secondary N) is 2. The molecular weight excluding hydrogens is 296 g/mol. The molecule has 0 aliphatic carbocycles. The van der Waals surface area contributed by atoms with Crippen LogP contribution in [0.15, 0.2) is 21.6 Å². The molecule has 0 fully saturated rings. The van der Waals surface area contributed by atoms with Crippen molar-refractivity contribution in [2.75, 3.05) is 12.0 Å². The van der Waals surface area contributed by atoms with Gasteiger partial charge < -0.3 is 5.43 Å². The number of sulfonamides is 1. The van der Waals surface area contributed by atoms with Gasteiger partial charge in [-0.2, -0.15) is 0 Å². The summed E-state index contributed by atoms with van der Waals surface area (Å²) in [6.07, 6.45) is 2.18. The van der Waals surface area contributed by atoms with E-state index in [1.165, 1.54) is 12.3 Å². The zero-order valence-electron chi connectivity index (χ0n) is 8.70. The highest BCUT2D eigenvalue weighted by molar-refractivity contribution is 9.10. The number of hydrogen-bond acceptors (Lipinski definition) is 5. The van der Waals surface area contributed by atoms with E-state index in [0.29, 0.717) is 17.4 Å². The minimum absolute atomic E-state index is 0.0258. The Morgan fingerprint density at radius 3 is 2.81 bits per heavy atom. The Hall–Kier alpha value is -0.700. The van der Waals surface area contributed by atoms with Gasteiger partial charge in [0, 0.05) is 17.2 Å². The predicted molar refractivity (Wildman–Crippen MR) is 65.2 cm³/mol. The summed E-state index contributed by atoms with van der Waals surface area (Å²) in [6, 6.07) is 1.44. The summed E-state index contributed by atoms with van der Waals surface area (Å²) < 4.78 is 26.7. The lowest BCUT2D eigenvalue weighted by Gasteiger charge is -2.09. The Bertz CT molecular complexity index is 463. The Morgan fingerprint density at radius 2 is 2.25 bits per heavy atom. The van der Waals surface area contributed by atoms with Crippen molar-refractivity contribution >= 4 is 31.8 Å². The molecular formula is C8H13BrN4O2S. The van der Waals surface area contributed by atoms with Crippen LogP contribution in [0.5, 0.6) is 0 Å². The highest BCUT2D eigenvalue weighted by atomic mass is 79.9. The molecule has 0 unspecified atom stereocenters. The molecule has 1 heterocycles. The number of nitrogen functional groups attached to an aromatic ring is 1. The number of pyridine rings is 1. The summed E-state index contributed by atoms with van der Waals surface area (Å²) in [7, 11) is -3.57. The van der Waals surface area contributed by atoms with Crippen LogP contribution in [0.1, 0.15) is 13.3 Å². The van der Waals surface area contributed by atoms with Gasteiger partial charge in [-0.15, -0.1) is 0 Å². The molecule has 0 saturated carbocycles. The van der Waals surface area contributed by atoms with Gasteiger partial charge in [-0.25, -0.2) is 24.0 Å². The first kappa shape index (κ1) is 13.4. The highest BCUT2D eigenvalue weighted by Gasteiger charge is 2.19. The first-order valence-corrected chi connectivity index (χ1v) is 6.90. The summed E-state index contributed by atoms with van der Waals surface area (Å²) in [5.74, 6) is 5.32. The molecule has 0 bridgehead atoms. The molecule has 0 aromatic carbocycles. The molecule has 0 aliphatic heterocycles. The van der Waals surface area contributed by atoms with Gasteiger partial charge in [0.1, 0.15) is 4.90 Å². The monoisotopic (exact) mass is 308 g/mol. The summed E-state index contributed by atoms with van der Waals surface area (Å²) in [5.41, 5.74) is 2.25. The third-order valence-electron chi connectivity index (χ3n) is 1.79. The highest BCUT2D eigenvalue weighted by Crippen LogP contribution is 2.21. The minimum atomic E-state index is -3.57. The third-order valence-corrected chi connectivity index (χ3v) is 3.70. The molecule has 90 valence electrons. The van der Waals surface area contributed by atoms with Gasteiger partial charge in [0.2, 0.25) is 10.0 Å². The van der Waals surface area contributed by atoms with Gasteiger partial charge in [0.15, 0.2) is 5.82 Å². The fourth-order valence-electron chi connectivity index (χ4n) is 1.05. The summed E-state index contributed by atoms with van der Waals surface area (Å²) in [5, 5.41) is 0. The summed E-state index contributed by atoms with van der Waals surface area (Å²) in [6.45, 7) is 2.25. The SMILES string of the molecule is CCCNS(=O)(=O)c1cc(Br)cnc1NN. The quantitative estimate of drug-likeness (QED) is 0.552. The van der Waals surface area contributed by atoms with E-state index in [2.05, 4.69) is 31.1 Å². The topological polar surface area (TPSA) is 97.1 Å². The zero-order valence-corrected chi connectivity index (χ0v) is 11.1. The van der Waals surface area contributed by atoms with Gasteiger partial charge in [0.05, 0.1) is 0 Å². The van der Waals surface area contributed by atoms with Crippen molar-refractivity contribution in [3.63, 3.8) is 0 Å². The number of nitrogens with zero attached hydrogens (tertiary/aromatic N) is 1. The van der Waals surface area contributed by atoms with E-state index in [4.69, 9.17) is 5.84 Å². The van der Waals surface area contributed by atoms with Crippen molar-refractivity contribution < 1.29 is 8.42 Å². The van der Waals surface area contributed by atoms with Crippen molar-refractivity contribution in [1.82, 2.24) is 9.71 Å². The Morgan fingerprint density at radius 1 is 1.56 bits per heavy atom. The van der Waals surface area contributed by atoms with E-state index in [-0.39, 0.29) is 10.7 Å². The molecule has 1 aromatic heterocycles. The van der Waals surface area contributed by atoms with E-state index < -0.39 is 10.0 Å². The standard InChI is InChI=1S/C8H13BrN4O2S/c1-2-3-12-16(14,15)7-4-6(9)5-11-8(7)13-10/h4-5,12H,2-3,10H2,1H3,(H,11,13). The first-order chi connectivity index (χ1) is 7.51. The van der Waals surface area contributed by atoms with Gasteiger partial charge in [-0.05, 0) is 28.4 Å². The third kappa shape index (κ3) is 3.14. The number of hydrogen-bond donors (Lipinski definition) is 3. The fourth-order valence-corrected chi connectivity index (χ4v) is 2.81. The molecule has 1 aromatic rings. The molecule has 6 nitrogen and oxygen atoms in total. The average Bonchev–Trinajstić information content (AvgIpc) is 2.26. The molecule has 1 rings (SSSR count). The van der Waals surface area contributed by atoms with Crippen molar-refractivity contribution in [2.45, 2.75) is 18.2 Å². The molecule has 0 radical (unpaired) electrons. The molecule has 0 spiro atoms. The Kier molecular flexibility index (Phi) is 4.66. The van der Waals surface area contributed by atoms with E-state index >= 15 is 0 Å². The van der Waals surface area contributed by atoms with Crippen LogP contribution in [0.4, 0.5) is 5.82 Å². The first-order valence-electron chi connectivity index (χ1n) is 4.63. The molecule has 0 amide bonds. The van der Waals surface area contributed by atoms with E-state index in [1.807, 2.05) is 6.92 Å². The maximum atomic E-state index is 11.9. The molecule has 8 heteroatoms. The largest absolute Gasteiger partial charge is 0.307 e. The molecule has 0 aliphatic rings. The lowest BCUT2D eigenvalue weighted by atomic mass is 10.5. The van der Waals surface area contributed by atoms with Gasteiger partial charge >= 0.3 is 0 Å². The fraction of sp³-hybridized carbons (Fsp3) is 0.375. The number of halogens is 1. The van der Waals surface area contributed by atoms with Crippen molar-refractivity contribution in [2.24, 2.45) is 5.84 Å². The van der Waals surface area contributed by atoms with Crippen molar-refractivity contribution in [3.05, 3.63) is 16.7 Å². The van der Waals surface area contributed by atoms with Crippen molar-refractivity contribution in [1.29, 1.82) is 0 Å². The summed E-state index contributed by atoms with van der Waals surface area (Å²) in [4.78, 5) is 3.89. The predicted octanol–water partition coefficient (Wildman–Crippen LogP) is 0.818.